The van der Waals surface area contributed by atoms with Gasteiger partial charge < -0.3 is 10.5 Å². The zero-order chi connectivity index (χ0) is 19.5. The Morgan fingerprint density at radius 3 is 2.48 bits per heavy atom. The maximum atomic E-state index is 8.66. The fourth-order valence-electron chi connectivity index (χ4n) is 3.53. The van der Waals surface area contributed by atoms with Crippen molar-refractivity contribution in [3.05, 3.63) is 30.1 Å². The van der Waals surface area contributed by atoms with Crippen LogP contribution in [0.3, 0.4) is 0 Å². The van der Waals surface area contributed by atoms with Crippen molar-refractivity contribution in [2.75, 3.05) is 32.0 Å². The van der Waals surface area contributed by atoms with Crippen LogP contribution in [0.15, 0.2) is 24.5 Å². The SMILES string of the molecule is C1CCC(N2CCOCC2)CC1.CC.N#Cc1ccc2ncnc(N)c2c1. The molecule has 0 spiro atoms. The van der Waals surface area contributed by atoms with Gasteiger partial charge in [0.25, 0.3) is 0 Å². The lowest BCUT2D eigenvalue weighted by molar-refractivity contribution is 0.00858. The molecule has 0 amide bonds. The van der Waals surface area contributed by atoms with Crippen LogP contribution in [0.2, 0.25) is 0 Å². The van der Waals surface area contributed by atoms with Gasteiger partial charge in [-0.25, -0.2) is 9.97 Å². The molecule has 0 bridgehead atoms. The van der Waals surface area contributed by atoms with Gasteiger partial charge in [0.1, 0.15) is 12.1 Å². The van der Waals surface area contributed by atoms with Crippen LogP contribution >= 0.6 is 0 Å². The summed E-state index contributed by atoms with van der Waals surface area (Å²) in [4.78, 5) is 10.5. The van der Waals surface area contributed by atoms with Crippen molar-refractivity contribution in [2.45, 2.75) is 52.0 Å². The summed E-state index contributed by atoms with van der Waals surface area (Å²) in [5.74, 6) is 0.405. The highest BCUT2D eigenvalue weighted by atomic mass is 16.5. The Bertz CT molecular complexity index is 715. The number of nitrogens with two attached hydrogens (primary N) is 1. The third-order valence-corrected chi connectivity index (χ3v) is 4.93. The lowest BCUT2D eigenvalue weighted by Crippen LogP contribution is -2.44. The minimum atomic E-state index is 0.405. The summed E-state index contributed by atoms with van der Waals surface area (Å²) in [5.41, 5.74) is 6.94. The fraction of sp³-hybridized carbons (Fsp3) is 0.571. The van der Waals surface area contributed by atoms with Crippen LogP contribution in [0.1, 0.15) is 51.5 Å². The minimum Gasteiger partial charge on any atom is -0.383 e. The molecule has 27 heavy (non-hydrogen) atoms. The second-order valence-corrected chi connectivity index (χ2v) is 6.54. The molecule has 2 fully saturated rings. The van der Waals surface area contributed by atoms with Gasteiger partial charge in [-0.2, -0.15) is 5.26 Å². The van der Waals surface area contributed by atoms with E-state index in [4.69, 9.17) is 15.7 Å². The van der Waals surface area contributed by atoms with E-state index in [0.717, 1.165) is 30.2 Å². The molecule has 0 atom stereocenters. The Morgan fingerprint density at radius 2 is 1.81 bits per heavy atom. The van der Waals surface area contributed by atoms with Crippen LogP contribution in [0.4, 0.5) is 5.82 Å². The first-order valence-corrected chi connectivity index (χ1v) is 10.00. The number of benzene rings is 1. The first kappa shape index (κ1) is 21.1. The number of nitriles is 1. The minimum absolute atomic E-state index is 0.405. The molecule has 1 saturated heterocycles. The average molecular weight is 370 g/mol. The molecule has 0 unspecified atom stereocenters. The van der Waals surface area contributed by atoms with E-state index in [1.54, 1.807) is 18.2 Å². The molecule has 2 aliphatic rings. The first-order valence-electron chi connectivity index (χ1n) is 10.00. The Morgan fingerprint density at radius 1 is 1.11 bits per heavy atom. The summed E-state index contributed by atoms with van der Waals surface area (Å²) in [7, 11) is 0. The molecule has 6 nitrogen and oxygen atoms in total. The summed E-state index contributed by atoms with van der Waals surface area (Å²) < 4.78 is 5.35. The topological polar surface area (TPSA) is 88.1 Å². The van der Waals surface area contributed by atoms with Crippen molar-refractivity contribution in [1.29, 1.82) is 5.26 Å². The molecule has 2 N–H and O–H groups in total. The predicted molar refractivity (Wildman–Crippen MR) is 109 cm³/mol. The van der Waals surface area contributed by atoms with E-state index in [1.807, 2.05) is 19.9 Å². The van der Waals surface area contributed by atoms with E-state index in [-0.39, 0.29) is 0 Å². The summed E-state index contributed by atoms with van der Waals surface area (Å²) in [6.45, 7) is 8.25. The van der Waals surface area contributed by atoms with Crippen molar-refractivity contribution in [3.63, 3.8) is 0 Å². The number of rotatable bonds is 1. The second kappa shape index (κ2) is 11.5. The predicted octanol–water partition coefficient (Wildman–Crippen LogP) is 3.76. The van der Waals surface area contributed by atoms with E-state index in [1.165, 1.54) is 51.5 Å². The third kappa shape index (κ3) is 6.16. The normalized spacial score (nSPS) is 17.8. The van der Waals surface area contributed by atoms with Crippen LogP contribution in [-0.4, -0.2) is 47.2 Å². The maximum Gasteiger partial charge on any atom is 0.134 e. The number of nitrogens with zero attached hydrogens (tertiary/aromatic N) is 4. The van der Waals surface area contributed by atoms with E-state index in [0.29, 0.717) is 11.4 Å². The number of nitrogen functional groups attached to an aromatic ring is 1. The maximum absolute atomic E-state index is 8.66. The zero-order valence-corrected chi connectivity index (χ0v) is 16.5. The van der Waals surface area contributed by atoms with Gasteiger partial charge in [-0.1, -0.05) is 33.1 Å². The van der Waals surface area contributed by atoms with Crippen LogP contribution in [-0.2, 0) is 4.74 Å². The van der Waals surface area contributed by atoms with Gasteiger partial charge in [0, 0.05) is 24.5 Å². The number of aromatic nitrogens is 2. The van der Waals surface area contributed by atoms with E-state index in [9.17, 15) is 0 Å². The Hall–Kier alpha value is -2.23. The van der Waals surface area contributed by atoms with Crippen molar-refractivity contribution >= 4 is 16.7 Å². The largest absolute Gasteiger partial charge is 0.383 e. The molecule has 1 aromatic carbocycles. The molecule has 2 aromatic rings. The highest BCUT2D eigenvalue weighted by molar-refractivity contribution is 5.88. The Labute approximate surface area is 162 Å². The molecular formula is C21H31N5O. The number of hydrogen-bond acceptors (Lipinski definition) is 6. The molecule has 1 aromatic heterocycles. The van der Waals surface area contributed by atoms with Gasteiger partial charge in [-0.3, -0.25) is 4.90 Å². The van der Waals surface area contributed by atoms with Crippen LogP contribution in [0.5, 0.6) is 0 Å². The van der Waals surface area contributed by atoms with E-state index >= 15 is 0 Å². The van der Waals surface area contributed by atoms with E-state index in [2.05, 4.69) is 14.9 Å². The quantitative estimate of drug-likeness (QED) is 0.823. The molecule has 1 aliphatic heterocycles. The lowest BCUT2D eigenvalue weighted by Gasteiger charge is -2.36. The average Bonchev–Trinajstić information content (AvgIpc) is 2.77. The monoisotopic (exact) mass is 369 g/mol. The van der Waals surface area contributed by atoms with Crippen molar-refractivity contribution in [1.82, 2.24) is 14.9 Å². The third-order valence-electron chi connectivity index (χ3n) is 4.93. The van der Waals surface area contributed by atoms with Crippen molar-refractivity contribution in [2.24, 2.45) is 0 Å². The van der Waals surface area contributed by atoms with Crippen LogP contribution in [0, 0.1) is 11.3 Å². The number of anilines is 1. The van der Waals surface area contributed by atoms with Crippen molar-refractivity contribution < 1.29 is 4.74 Å². The van der Waals surface area contributed by atoms with Gasteiger partial charge in [0.05, 0.1) is 30.4 Å². The summed E-state index contributed by atoms with van der Waals surface area (Å²) in [6, 6.07) is 8.07. The zero-order valence-electron chi connectivity index (χ0n) is 16.5. The molecule has 4 rings (SSSR count). The first-order chi connectivity index (χ1) is 13.3. The lowest BCUT2D eigenvalue weighted by atomic mass is 9.94. The fourth-order valence-corrected chi connectivity index (χ4v) is 3.53. The van der Waals surface area contributed by atoms with E-state index < -0.39 is 0 Å². The number of hydrogen-bond donors (Lipinski definition) is 1. The number of morpholine rings is 1. The Balaban J connectivity index is 0.000000178. The van der Waals surface area contributed by atoms with Gasteiger partial charge >= 0.3 is 0 Å². The molecule has 2 heterocycles. The summed E-state index contributed by atoms with van der Waals surface area (Å²) in [5, 5.41) is 9.38. The molecule has 6 heteroatoms. The molecular weight excluding hydrogens is 338 g/mol. The summed E-state index contributed by atoms with van der Waals surface area (Å²) >= 11 is 0. The number of ether oxygens (including phenoxy) is 1. The second-order valence-electron chi connectivity index (χ2n) is 6.54. The summed E-state index contributed by atoms with van der Waals surface area (Å²) in [6.07, 6.45) is 8.62. The van der Waals surface area contributed by atoms with Gasteiger partial charge in [-0.15, -0.1) is 0 Å². The molecule has 146 valence electrons. The van der Waals surface area contributed by atoms with Gasteiger partial charge in [0.2, 0.25) is 0 Å². The van der Waals surface area contributed by atoms with Crippen LogP contribution < -0.4 is 5.73 Å². The molecule has 1 saturated carbocycles. The highest BCUT2D eigenvalue weighted by Crippen LogP contribution is 2.23. The van der Waals surface area contributed by atoms with Gasteiger partial charge in [-0.05, 0) is 31.0 Å². The molecule has 0 radical (unpaired) electrons. The smallest absolute Gasteiger partial charge is 0.134 e. The standard InChI is InChI=1S/C10H19NO.C9H6N4.C2H6/c1-2-4-10(5-3-1)11-6-8-12-9-7-11;10-4-6-1-2-8-7(3-6)9(11)13-5-12-8;1-2/h10H,1-9H2;1-3,5H,(H2,11,12,13);1-2H3. The van der Waals surface area contributed by atoms with Crippen LogP contribution in [0.25, 0.3) is 10.9 Å². The van der Waals surface area contributed by atoms with Gasteiger partial charge in [0.15, 0.2) is 0 Å². The number of fused-ring (bicyclic) bond motifs is 1. The molecule has 1 aliphatic carbocycles. The Kier molecular flexibility index (Phi) is 8.96. The van der Waals surface area contributed by atoms with Crippen molar-refractivity contribution in [3.8, 4) is 6.07 Å². The highest BCUT2D eigenvalue weighted by Gasteiger charge is 2.22.